The van der Waals surface area contributed by atoms with Crippen LogP contribution >= 0.6 is 0 Å². The fourth-order valence-corrected chi connectivity index (χ4v) is 6.52. The molecule has 0 spiro atoms. The molecule has 41 heavy (non-hydrogen) atoms. The summed E-state index contributed by atoms with van der Waals surface area (Å²) in [6.45, 7) is 6.23. The van der Waals surface area contributed by atoms with E-state index in [0.717, 1.165) is 74.9 Å². The summed E-state index contributed by atoms with van der Waals surface area (Å²) in [4.78, 5) is 69.9. The summed E-state index contributed by atoms with van der Waals surface area (Å²) in [5, 5.41) is 2.23. The Kier molecular flexibility index (Phi) is 7.21. The Bertz CT molecular complexity index is 1410. The van der Waals surface area contributed by atoms with Gasteiger partial charge in [0.2, 0.25) is 11.8 Å². The van der Waals surface area contributed by atoms with Gasteiger partial charge in [0.15, 0.2) is 0 Å². The number of imide groups is 2. The van der Waals surface area contributed by atoms with E-state index in [4.69, 9.17) is 5.73 Å². The normalized spacial score (nSPS) is 22.2. The van der Waals surface area contributed by atoms with Crippen molar-refractivity contribution in [1.29, 1.82) is 0 Å². The molecule has 6 rings (SSSR count). The third-order valence-electron chi connectivity index (χ3n) is 8.80. The van der Waals surface area contributed by atoms with Crippen molar-refractivity contribution < 1.29 is 24.0 Å². The second-order valence-corrected chi connectivity index (χ2v) is 11.3. The first kappa shape index (κ1) is 26.9. The molecule has 4 aliphatic rings. The van der Waals surface area contributed by atoms with Crippen molar-refractivity contribution in [3.05, 3.63) is 59.2 Å². The van der Waals surface area contributed by atoms with Gasteiger partial charge in [-0.3, -0.25) is 39.1 Å². The third kappa shape index (κ3) is 5.17. The van der Waals surface area contributed by atoms with Crippen LogP contribution < -0.4 is 20.9 Å². The molecule has 5 amide bonds. The molecule has 214 valence electrons. The molecule has 2 aromatic carbocycles. The highest BCUT2D eigenvalue weighted by atomic mass is 16.2. The predicted octanol–water partition coefficient (Wildman–Crippen LogP) is 1.23. The van der Waals surface area contributed by atoms with Crippen molar-refractivity contribution >= 4 is 40.9 Å². The van der Waals surface area contributed by atoms with Crippen LogP contribution in [0.1, 0.15) is 56.8 Å². The zero-order valence-corrected chi connectivity index (χ0v) is 22.9. The molecule has 0 radical (unpaired) electrons. The minimum absolute atomic E-state index is 0.0989. The molecule has 4 heterocycles. The quantitative estimate of drug-likeness (QED) is 0.506. The number of anilines is 2. The summed E-state index contributed by atoms with van der Waals surface area (Å²) < 4.78 is 0. The molecular weight excluding hydrogens is 524 g/mol. The highest BCUT2D eigenvalue weighted by molar-refractivity contribution is 6.23. The van der Waals surface area contributed by atoms with E-state index in [2.05, 4.69) is 20.0 Å². The number of para-hydroxylation sites is 1. The van der Waals surface area contributed by atoms with Gasteiger partial charge in [0.1, 0.15) is 6.04 Å². The maximum Gasteiger partial charge on any atom is 0.262 e. The summed E-state index contributed by atoms with van der Waals surface area (Å²) in [7, 11) is 0. The zero-order chi connectivity index (χ0) is 28.7. The fraction of sp³-hybridized carbons (Fsp3) is 0.433. The third-order valence-corrected chi connectivity index (χ3v) is 8.80. The molecule has 3 saturated heterocycles. The molecule has 1 unspecified atom stereocenters. The molecule has 0 bridgehead atoms. The van der Waals surface area contributed by atoms with Crippen LogP contribution in [-0.4, -0.2) is 91.2 Å². The van der Waals surface area contributed by atoms with Gasteiger partial charge in [-0.05, 0) is 55.5 Å². The number of piperazine rings is 1. The molecule has 1 atom stereocenters. The van der Waals surface area contributed by atoms with Gasteiger partial charge in [-0.1, -0.05) is 12.1 Å². The molecule has 11 nitrogen and oxygen atoms in total. The number of fused-ring (bicyclic) bond motifs is 1. The van der Waals surface area contributed by atoms with E-state index in [-0.39, 0.29) is 18.7 Å². The average Bonchev–Trinajstić information content (AvgIpc) is 3.22. The van der Waals surface area contributed by atoms with Gasteiger partial charge in [-0.2, -0.15) is 0 Å². The zero-order valence-electron chi connectivity index (χ0n) is 22.9. The lowest BCUT2D eigenvalue weighted by Gasteiger charge is -2.40. The van der Waals surface area contributed by atoms with Crippen molar-refractivity contribution in [2.45, 2.75) is 31.7 Å². The molecule has 11 heteroatoms. The van der Waals surface area contributed by atoms with Crippen LogP contribution in [0.25, 0.3) is 0 Å². The number of piperidine rings is 2. The molecule has 0 saturated carbocycles. The van der Waals surface area contributed by atoms with Gasteiger partial charge in [-0.15, -0.1) is 0 Å². The standard InChI is InChI=1S/C30H34N6O5/c31-27(38)22-3-1-2-4-24(22)35-11-9-19(10-12-35)18-33-13-15-34(16-14-33)20-5-6-21-23(17-20)30(41)36(29(21)40)25-7-8-26(37)32-28(25)39/h1-6,17,19,25H,7-16,18H2,(H2,31,38)(H,32,37,39). The highest BCUT2D eigenvalue weighted by Crippen LogP contribution is 2.32. The smallest absolute Gasteiger partial charge is 0.262 e. The number of amides is 5. The van der Waals surface area contributed by atoms with Crippen LogP contribution in [0, 0.1) is 5.92 Å². The number of nitrogens with one attached hydrogen (secondary N) is 1. The monoisotopic (exact) mass is 558 g/mol. The second-order valence-electron chi connectivity index (χ2n) is 11.3. The van der Waals surface area contributed by atoms with Crippen molar-refractivity contribution in [3.8, 4) is 0 Å². The van der Waals surface area contributed by atoms with Gasteiger partial charge >= 0.3 is 0 Å². The Hall–Kier alpha value is -4.25. The Morgan fingerprint density at radius 1 is 0.829 bits per heavy atom. The van der Waals surface area contributed by atoms with Crippen LogP contribution in [0.4, 0.5) is 11.4 Å². The van der Waals surface area contributed by atoms with E-state index >= 15 is 0 Å². The van der Waals surface area contributed by atoms with E-state index in [1.807, 2.05) is 24.3 Å². The van der Waals surface area contributed by atoms with E-state index in [9.17, 15) is 24.0 Å². The first-order valence-electron chi connectivity index (χ1n) is 14.3. The molecule has 3 N–H and O–H groups in total. The second kappa shape index (κ2) is 11.0. The van der Waals surface area contributed by atoms with Crippen molar-refractivity contribution in [1.82, 2.24) is 15.1 Å². The van der Waals surface area contributed by atoms with Gasteiger partial charge in [0, 0.05) is 63.6 Å². The Morgan fingerprint density at radius 2 is 1.54 bits per heavy atom. The highest BCUT2D eigenvalue weighted by Gasteiger charge is 2.44. The van der Waals surface area contributed by atoms with Crippen LogP contribution in [0.5, 0.6) is 0 Å². The SMILES string of the molecule is NC(=O)c1ccccc1N1CCC(CN2CCN(c3ccc4c(c3)C(=O)N(C3CCC(=O)NC3=O)C4=O)CC2)CC1. The maximum absolute atomic E-state index is 13.2. The van der Waals surface area contributed by atoms with Gasteiger partial charge < -0.3 is 15.5 Å². The summed E-state index contributed by atoms with van der Waals surface area (Å²) in [5.74, 6) is -1.77. The van der Waals surface area contributed by atoms with Crippen molar-refractivity contribution in [2.75, 3.05) is 55.6 Å². The molecule has 4 aliphatic heterocycles. The van der Waals surface area contributed by atoms with Crippen LogP contribution in [0.2, 0.25) is 0 Å². The van der Waals surface area contributed by atoms with E-state index in [1.54, 1.807) is 18.2 Å². The number of nitrogens with zero attached hydrogens (tertiary/aromatic N) is 4. The lowest BCUT2D eigenvalue weighted by atomic mass is 9.95. The van der Waals surface area contributed by atoms with E-state index in [0.29, 0.717) is 22.6 Å². The number of carbonyl (C=O) groups excluding carboxylic acids is 5. The van der Waals surface area contributed by atoms with Crippen molar-refractivity contribution in [3.63, 3.8) is 0 Å². The lowest BCUT2D eigenvalue weighted by molar-refractivity contribution is -0.136. The Labute approximate surface area is 238 Å². The van der Waals surface area contributed by atoms with Gasteiger partial charge in [-0.25, -0.2) is 0 Å². The number of hydrogen-bond acceptors (Lipinski definition) is 8. The molecular formula is C30H34N6O5. The molecule has 2 aromatic rings. The van der Waals surface area contributed by atoms with Crippen molar-refractivity contribution in [2.24, 2.45) is 11.7 Å². The topological polar surface area (TPSA) is 136 Å². The van der Waals surface area contributed by atoms with Crippen LogP contribution in [0.15, 0.2) is 42.5 Å². The number of rotatable bonds is 6. The number of carbonyl (C=O) groups is 5. The summed E-state index contributed by atoms with van der Waals surface area (Å²) in [6.07, 6.45) is 2.35. The predicted molar refractivity (Wildman–Crippen MR) is 152 cm³/mol. The number of hydrogen-bond donors (Lipinski definition) is 2. The average molecular weight is 559 g/mol. The molecule has 0 aromatic heterocycles. The minimum Gasteiger partial charge on any atom is -0.371 e. The number of primary amides is 1. The maximum atomic E-state index is 13.2. The summed E-state index contributed by atoms with van der Waals surface area (Å²) in [5.41, 5.74) is 8.56. The Balaban J connectivity index is 1.03. The van der Waals surface area contributed by atoms with Gasteiger partial charge in [0.05, 0.1) is 16.7 Å². The lowest BCUT2D eigenvalue weighted by Crippen LogP contribution is -2.54. The molecule has 3 fully saturated rings. The fourth-order valence-electron chi connectivity index (χ4n) is 6.52. The first-order valence-corrected chi connectivity index (χ1v) is 14.3. The largest absolute Gasteiger partial charge is 0.371 e. The van der Waals surface area contributed by atoms with E-state index in [1.165, 1.54) is 0 Å². The Morgan fingerprint density at radius 3 is 2.24 bits per heavy atom. The minimum atomic E-state index is -0.961. The van der Waals surface area contributed by atoms with Crippen LogP contribution in [-0.2, 0) is 9.59 Å². The first-order chi connectivity index (χ1) is 19.8. The summed E-state index contributed by atoms with van der Waals surface area (Å²) >= 11 is 0. The molecule has 0 aliphatic carbocycles. The van der Waals surface area contributed by atoms with Crippen LogP contribution in [0.3, 0.4) is 0 Å². The summed E-state index contributed by atoms with van der Waals surface area (Å²) in [6, 6.07) is 11.9. The van der Waals surface area contributed by atoms with Gasteiger partial charge in [0.25, 0.3) is 17.7 Å². The number of nitrogens with two attached hydrogens (primary N) is 1. The van der Waals surface area contributed by atoms with E-state index < -0.39 is 29.7 Å². The number of benzene rings is 2.